The average Bonchev–Trinajstić information content (AvgIpc) is 3.21. The lowest BCUT2D eigenvalue weighted by Crippen LogP contribution is -2.39. The number of sulfone groups is 1. The summed E-state index contributed by atoms with van der Waals surface area (Å²) < 4.78 is 52.5. The van der Waals surface area contributed by atoms with Crippen LogP contribution < -0.4 is 4.72 Å². The Kier molecular flexibility index (Phi) is 6.11. The molecule has 27 heavy (non-hydrogen) atoms. The van der Waals surface area contributed by atoms with E-state index >= 15 is 0 Å². The fourth-order valence-corrected chi connectivity index (χ4v) is 7.85. The third-order valence-corrected chi connectivity index (χ3v) is 10.3. The van der Waals surface area contributed by atoms with Crippen LogP contribution in [0.1, 0.15) is 31.2 Å². The molecule has 1 N–H and O–H groups in total. The van der Waals surface area contributed by atoms with Gasteiger partial charge in [-0.15, -0.1) is 11.3 Å². The van der Waals surface area contributed by atoms with Crippen LogP contribution >= 0.6 is 38.9 Å². The minimum absolute atomic E-state index is 0.0490. The van der Waals surface area contributed by atoms with Crippen molar-refractivity contribution >= 4 is 58.7 Å². The Morgan fingerprint density at radius 1 is 1.15 bits per heavy atom. The molecule has 0 saturated heterocycles. The van der Waals surface area contributed by atoms with E-state index in [1.807, 2.05) is 24.3 Å². The van der Waals surface area contributed by atoms with Crippen molar-refractivity contribution in [2.45, 2.75) is 40.2 Å². The van der Waals surface area contributed by atoms with Crippen LogP contribution in [0.3, 0.4) is 0 Å². The van der Waals surface area contributed by atoms with Crippen molar-refractivity contribution < 1.29 is 16.8 Å². The Labute approximate surface area is 177 Å². The van der Waals surface area contributed by atoms with Gasteiger partial charge in [0.1, 0.15) is 13.4 Å². The van der Waals surface area contributed by atoms with Crippen LogP contribution in [0.25, 0.3) is 0 Å². The molecule has 0 amide bonds. The number of sulfonamides is 1. The zero-order valence-corrected chi connectivity index (χ0v) is 19.3. The Morgan fingerprint density at radius 2 is 1.74 bits per heavy atom. The van der Waals surface area contributed by atoms with Gasteiger partial charge in [0.15, 0.2) is 9.84 Å². The van der Waals surface area contributed by atoms with E-state index in [-0.39, 0.29) is 25.4 Å². The first-order valence-electron chi connectivity index (χ1n) is 8.29. The van der Waals surface area contributed by atoms with E-state index in [4.69, 9.17) is 11.6 Å². The number of halogens is 2. The number of nitrogens with one attached hydrogen (secondary N) is 1. The van der Waals surface area contributed by atoms with Crippen LogP contribution in [-0.2, 0) is 25.3 Å². The molecule has 0 spiro atoms. The van der Waals surface area contributed by atoms with E-state index in [9.17, 15) is 16.8 Å². The molecule has 0 atom stereocenters. The average molecular weight is 513 g/mol. The van der Waals surface area contributed by atoms with E-state index < -0.39 is 19.9 Å². The lowest BCUT2D eigenvalue weighted by Gasteiger charge is -2.30. The van der Waals surface area contributed by atoms with Crippen molar-refractivity contribution in [1.29, 1.82) is 0 Å². The molecule has 1 heterocycles. The third-order valence-electron chi connectivity index (χ3n) is 4.91. The highest BCUT2D eigenvalue weighted by Gasteiger charge is 2.37. The summed E-state index contributed by atoms with van der Waals surface area (Å²) in [6.45, 7) is 0.247. The molecule has 10 heteroatoms. The predicted octanol–water partition coefficient (Wildman–Crippen LogP) is 4.36. The molecular formula is C17H19BrClNO4S3. The van der Waals surface area contributed by atoms with Gasteiger partial charge in [0, 0.05) is 22.7 Å². The first kappa shape index (κ1) is 21.3. The van der Waals surface area contributed by atoms with Crippen molar-refractivity contribution in [3.63, 3.8) is 0 Å². The van der Waals surface area contributed by atoms with E-state index in [0.29, 0.717) is 0 Å². The van der Waals surface area contributed by atoms with E-state index in [1.165, 1.54) is 0 Å². The second kappa shape index (κ2) is 7.76. The van der Waals surface area contributed by atoms with Gasteiger partial charge in [-0.25, -0.2) is 21.6 Å². The van der Waals surface area contributed by atoms with E-state index in [1.54, 1.807) is 0 Å². The van der Waals surface area contributed by atoms with E-state index in [0.717, 1.165) is 59.4 Å². The summed E-state index contributed by atoms with van der Waals surface area (Å²) in [6, 6.07) is 9.08. The Balaban J connectivity index is 1.87. The molecule has 1 saturated carbocycles. The molecule has 0 aliphatic heterocycles. The zero-order chi connectivity index (χ0) is 19.9. The van der Waals surface area contributed by atoms with Gasteiger partial charge in [0.25, 0.3) is 0 Å². The van der Waals surface area contributed by atoms with Crippen LogP contribution in [0.2, 0.25) is 4.34 Å². The van der Waals surface area contributed by atoms with Crippen molar-refractivity contribution in [3.8, 4) is 0 Å². The topological polar surface area (TPSA) is 80.3 Å². The molecule has 5 nitrogen and oxygen atoms in total. The standard InChI is InChI=1S/C17H19BrClNO4S3/c1-26(21,22)15-10-14(16(19)25-15)27(23,24)20-11-17(8-2-3-9-17)12-4-6-13(18)7-5-12/h4-7,10,20H,2-3,8-9,11H2,1H3. The van der Waals surface area contributed by atoms with Gasteiger partial charge in [-0.05, 0) is 36.6 Å². The predicted molar refractivity (Wildman–Crippen MR) is 112 cm³/mol. The summed E-state index contributed by atoms with van der Waals surface area (Å²) in [5.74, 6) is 0. The fourth-order valence-electron chi connectivity index (χ4n) is 3.43. The Morgan fingerprint density at radius 3 is 2.26 bits per heavy atom. The summed E-state index contributed by atoms with van der Waals surface area (Å²) >= 11 is 10.2. The van der Waals surface area contributed by atoms with Crippen LogP contribution in [0, 0.1) is 0 Å². The lowest BCUT2D eigenvalue weighted by atomic mass is 9.79. The summed E-state index contributed by atoms with van der Waals surface area (Å²) in [5, 5.41) is 0. The summed E-state index contributed by atoms with van der Waals surface area (Å²) in [4.78, 5) is -0.182. The number of hydrogen-bond acceptors (Lipinski definition) is 5. The molecule has 1 aromatic heterocycles. The largest absolute Gasteiger partial charge is 0.242 e. The fraction of sp³-hybridized carbons (Fsp3) is 0.412. The second-order valence-corrected chi connectivity index (χ2v) is 13.3. The van der Waals surface area contributed by atoms with Gasteiger partial charge in [0.05, 0.1) is 0 Å². The maximum absolute atomic E-state index is 12.8. The van der Waals surface area contributed by atoms with Crippen molar-refractivity contribution in [1.82, 2.24) is 4.72 Å². The summed E-state index contributed by atoms with van der Waals surface area (Å²) in [7, 11) is -7.43. The van der Waals surface area contributed by atoms with E-state index in [2.05, 4.69) is 20.7 Å². The SMILES string of the molecule is CS(=O)(=O)c1cc(S(=O)(=O)NCC2(c3ccc(Br)cc3)CCCC2)c(Cl)s1. The smallest absolute Gasteiger partial charge is 0.223 e. The Hall–Kier alpha value is -0.450. The molecule has 1 aromatic carbocycles. The number of rotatable bonds is 6. The maximum Gasteiger partial charge on any atom is 0.242 e. The number of benzene rings is 1. The molecular weight excluding hydrogens is 494 g/mol. The van der Waals surface area contributed by atoms with Gasteiger partial charge in [-0.1, -0.05) is 52.5 Å². The van der Waals surface area contributed by atoms with Crippen LogP contribution in [0.4, 0.5) is 0 Å². The van der Waals surface area contributed by atoms with Crippen molar-refractivity contribution in [2.75, 3.05) is 12.8 Å². The first-order chi connectivity index (χ1) is 12.5. The number of hydrogen-bond donors (Lipinski definition) is 1. The molecule has 0 unspecified atom stereocenters. The van der Waals surface area contributed by atoms with Crippen LogP contribution in [0.15, 0.2) is 43.9 Å². The zero-order valence-electron chi connectivity index (χ0n) is 14.5. The first-order valence-corrected chi connectivity index (χ1v) is 13.6. The highest BCUT2D eigenvalue weighted by molar-refractivity contribution is 9.10. The quantitative estimate of drug-likeness (QED) is 0.624. The molecule has 0 radical (unpaired) electrons. The maximum atomic E-state index is 12.8. The highest BCUT2D eigenvalue weighted by atomic mass is 79.9. The second-order valence-electron chi connectivity index (χ2n) is 6.79. The molecule has 3 rings (SSSR count). The lowest BCUT2D eigenvalue weighted by molar-refractivity contribution is 0.432. The monoisotopic (exact) mass is 511 g/mol. The van der Waals surface area contributed by atoms with Gasteiger partial charge in [-0.3, -0.25) is 0 Å². The minimum Gasteiger partial charge on any atom is -0.223 e. The molecule has 1 fully saturated rings. The van der Waals surface area contributed by atoms with Crippen molar-refractivity contribution in [3.05, 3.63) is 44.7 Å². The number of thiophene rings is 1. The Bertz CT molecular complexity index is 1040. The van der Waals surface area contributed by atoms with Gasteiger partial charge < -0.3 is 0 Å². The molecule has 2 aromatic rings. The van der Waals surface area contributed by atoms with Gasteiger partial charge in [-0.2, -0.15) is 0 Å². The molecule has 148 valence electrons. The normalized spacial score (nSPS) is 17.3. The summed E-state index contributed by atoms with van der Waals surface area (Å²) in [6.07, 6.45) is 4.89. The van der Waals surface area contributed by atoms with Crippen LogP contribution in [-0.4, -0.2) is 29.6 Å². The molecule has 1 aliphatic carbocycles. The molecule has 0 bridgehead atoms. The van der Waals surface area contributed by atoms with Crippen molar-refractivity contribution in [2.24, 2.45) is 0 Å². The van der Waals surface area contributed by atoms with Gasteiger partial charge >= 0.3 is 0 Å². The summed E-state index contributed by atoms with van der Waals surface area (Å²) in [5.41, 5.74) is 0.829. The minimum atomic E-state index is -3.92. The van der Waals surface area contributed by atoms with Crippen LogP contribution in [0.5, 0.6) is 0 Å². The highest BCUT2D eigenvalue weighted by Crippen LogP contribution is 2.41. The van der Waals surface area contributed by atoms with Gasteiger partial charge in [0.2, 0.25) is 10.0 Å². The third kappa shape index (κ3) is 4.59. The molecule has 1 aliphatic rings.